The van der Waals surface area contributed by atoms with Crippen LogP contribution in [0.2, 0.25) is 0 Å². The third-order valence-corrected chi connectivity index (χ3v) is 8.18. The Bertz CT molecular complexity index is 1920. The minimum absolute atomic E-state index is 0.00965. The number of fused-ring (bicyclic) bond motifs is 3. The summed E-state index contributed by atoms with van der Waals surface area (Å²) in [6, 6.07) is 11.3. The molecule has 7 rings (SSSR count). The molecule has 1 saturated carbocycles. The van der Waals surface area contributed by atoms with Gasteiger partial charge in [-0.3, -0.25) is 9.78 Å². The topological polar surface area (TPSA) is 140 Å². The summed E-state index contributed by atoms with van der Waals surface area (Å²) < 4.78 is 35.1. The highest BCUT2D eigenvalue weighted by atomic mass is 32.2. The number of carbonyl (C=O) groups excluding carboxylic acids is 1. The number of aromatic nitrogens is 4. The number of ether oxygens (including phenoxy) is 1. The second kappa shape index (κ2) is 9.26. The zero-order chi connectivity index (χ0) is 27.4. The number of amides is 1. The second-order valence-corrected chi connectivity index (χ2v) is 12.0. The highest BCUT2D eigenvalue weighted by Crippen LogP contribution is 2.42. The highest BCUT2D eigenvalue weighted by molar-refractivity contribution is 7.91. The van der Waals surface area contributed by atoms with Crippen LogP contribution in [0.3, 0.4) is 0 Å². The lowest BCUT2D eigenvalue weighted by Gasteiger charge is -2.29. The van der Waals surface area contributed by atoms with E-state index in [9.17, 15) is 13.2 Å². The van der Waals surface area contributed by atoms with E-state index in [2.05, 4.69) is 20.2 Å². The van der Waals surface area contributed by atoms with Gasteiger partial charge in [0, 0.05) is 35.6 Å². The molecule has 12 heteroatoms. The molecule has 0 saturated heterocycles. The summed E-state index contributed by atoms with van der Waals surface area (Å²) >= 11 is 0. The number of furan rings is 1. The van der Waals surface area contributed by atoms with Crippen molar-refractivity contribution in [2.75, 3.05) is 24.3 Å². The van der Waals surface area contributed by atoms with Crippen LogP contribution in [0.25, 0.3) is 22.0 Å². The Morgan fingerprint density at radius 1 is 1.10 bits per heavy atom. The van der Waals surface area contributed by atoms with Crippen molar-refractivity contribution in [2.24, 2.45) is 0 Å². The second-order valence-electron chi connectivity index (χ2n) is 10.0. The Hall–Kier alpha value is -4.58. The van der Waals surface area contributed by atoms with Gasteiger partial charge in [-0.15, -0.1) is 0 Å². The molecule has 0 unspecified atom stereocenters. The van der Waals surface area contributed by atoms with E-state index < -0.39 is 15.7 Å². The normalized spacial score (nSPS) is 15.2. The average Bonchev–Trinajstić information content (AvgIpc) is 3.72. The van der Waals surface area contributed by atoms with E-state index in [0.29, 0.717) is 24.8 Å². The Morgan fingerprint density at radius 3 is 2.80 bits per heavy atom. The molecule has 202 valence electrons. The van der Waals surface area contributed by atoms with Gasteiger partial charge < -0.3 is 19.4 Å². The fourth-order valence-electron chi connectivity index (χ4n) is 4.81. The molecule has 2 aliphatic rings. The summed E-state index contributed by atoms with van der Waals surface area (Å²) in [5, 5.41) is 3.96. The van der Waals surface area contributed by atoms with Crippen LogP contribution < -0.4 is 15.0 Å². The fraction of sp³-hybridized carbons (Fsp3) is 0.250. The summed E-state index contributed by atoms with van der Waals surface area (Å²) in [7, 11) is -3.53. The molecule has 6 heterocycles. The summed E-state index contributed by atoms with van der Waals surface area (Å²) in [6.07, 6.45) is 7.62. The Morgan fingerprint density at radius 2 is 1.98 bits per heavy atom. The molecule has 40 heavy (non-hydrogen) atoms. The largest absolute Gasteiger partial charge is 0.488 e. The number of carbonyl (C=O) groups is 1. The average molecular weight is 557 g/mol. The van der Waals surface area contributed by atoms with Crippen molar-refractivity contribution in [1.82, 2.24) is 25.3 Å². The molecule has 11 nitrogen and oxygen atoms in total. The summed E-state index contributed by atoms with van der Waals surface area (Å²) in [6.45, 7) is 1.32. The van der Waals surface area contributed by atoms with Crippen molar-refractivity contribution in [3.63, 3.8) is 0 Å². The van der Waals surface area contributed by atoms with Crippen LogP contribution >= 0.6 is 0 Å². The number of hydrogen-bond donors (Lipinski definition) is 1. The lowest BCUT2D eigenvalue weighted by atomic mass is 10.2. The molecule has 0 aromatic carbocycles. The maximum Gasteiger partial charge on any atom is 0.253 e. The molecule has 5 aromatic rings. The number of pyridine rings is 4. The van der Waals surface area contributed by atoms with Gasteiger partial charge in [-0.25, -0.2) is 23.4 Å². The summed E-state index contributed by atoms with van der Waals surface area (Å²) in [5.41, 5.74) is 2.81. The van der Waals surface area contributed by atoms with E-state index in [-0.39, 0.29) is 28.1 Å². The predicted molar refractivity (Wildman–Crippen MR) is 147 cm³/mol. The van der Waals surface area contributed by atoms with Gasteiger partial charge in [0.1, 0.15) is 23.6 Å². The molecule has 0 bridgehead atoms. The third kappa shape index (κ3) is 4.49. The molecular weight excluding hydrogens is 532 g/mol. The number of hydrogen-bond acceptors (Lipinski definition) is 10. The van der Waals surface area contributed by atoms with Crippen molar-refractivity contribution in [3.8, 4) is 5.75 Å². The zero-order valence-corrected chi connectivity index (χ0v) is 22.3. The maximum absolute atomic E-state index is 12.9. The number of nitrogens with one attached hydrogen (secondary N) is 1. The van der Waals surface area contributed by atoms with Crippen LogP contribution in [0.5, 0.6) is 5.75 Å². The van der Waals surface area contributed by atoms with Crippen molar-refractivity contribution < 1.29 is 22.4 Å². The summed E-state index contributed by atoms with van der Waals surface area (Å²) in [4.78, 5) is 33.3. The van der Waals surface area contributed by atoms with Crippen molar-refractivity contribution in [2.45, 2.75) is 30.2 Å². The molecule has 1 amide bonds. The lowest BCUT2D eigenvalue weighted by molar-refractivity contribution is 0.0950. The number of nitrogens with zero attached hydrogens (tertiary/aromatic N) is 5. The first kappa shape index (κ1) is 24.5. The third-order valence-electron chi connectivity index (χ3n) is 7.06. The molecule has 1 N–H and O–H groups in total. The first-order chi connectivity index (χ1) is 19.3. The van der Waals surface area contributed by atoms with Crippen molar-refractivity contribution in [3.05, 3.63) is 72.0 Å². The van der Waals surface area contributed by atoms with Crippen LogP contribution in [-0.2, 0) is 16.4 Å². The minimum atomic E-state index is -3.53. The van der Waals surface area contributed by atoms with E-state index in [1.165, 1.54) is 25.1 Å². The zero-order valence-electron chi connectivity index (χ0n) is 21.5. The smallest absolute Gasteiger partial charge is 0.253 e. The van der Waals surface area contributed by atoms with E-state index in [1.807, 2.05) is 30.3 Å². The highest BCUT2D eigenvalue weighted by Gasteiger charge is 2.29. The number of rotatable bonds is 6. The van der Waals surface area contributed by atoms with E-state index in [0.717, 1.165) is 46.5 Å². The fourth-order valence-corrected chi connectivity index (χ4v) is 5.58. The van der Waals surface area contributed by atoms with Gasteiger partial charge in [-0.1, -0.05) is 0 Å². The molecule has 0 atom stereocenters. The van der Waals surface area contributed by atoms with E-state index >= 15 is 0 Å². The van der Waals surface area contributed by atoms with Gasteiger partial charge in [0.15, 0.2) is 21.4 Å². The van der Waals surface area contributed by atoms with Crippen LogP contribution in [0, 0.1) is 0 Å². The number of anilines is 2. The van der Waals surface area contributed by atoms with Crippen LogP contribution in [-0.4, -0.2) is 53.7 Å². The molecule has 5 aromatic heterocycles. The molecule has 1 fully saturated rings. The van der Waals surface area contributed by atoms with Gasteiger partial charge in [-0.2, -0.15) is 0 Å². The van der Waals surface area contributed by atoms with Crippen LogP contribution in [0.15, 0.2) is 64.4 Å². The Balaban J connectivity index is 1.12. The minimum Gasteiger partial charge on any atom is -0.488 e. The summed E-state index contributed by atoms with van der Waals surface area (Å²) in [5.74, 6) is 2.41. The molecule has 0 radical (unpaired) electrons. The Labute approximate surface area is 229 Å². The molecule has 1 aliphatic carbocycles. The van der Waals surface area contributed by atoms with Gasteiger partial charge >= 0.3 is 0 Å². The van der Waals surface area contributed by atoms with E-state index in [4.69, 9.17) is 19.1 Å². The van der Waals surface area contributed by atoms with Crippen LogP contribution in [0.1, 0.15) is 40.5 Å². The van der Waals surface area contributed by atoms with E-state index in [1.54, 1.807) is 6.20 Å². The van der Waals surface area contributed by atoms with Gasteiger partial charge in [-0.05, 0) is 49.2 Å². The predicted octanol–water partition coefficient (Wildman–Crippen LogP) is 3.91. The standard InChI is InChI=1S/C28H24N6O5S/c1-40(36,37)24-15-39-28-20(24)10-18(13-31-28)27(35)30-14-19-11-22-17(12-29-19)4-7-25(32-22)34-8-9-38-23-6-5-21(16-2-3-16)33-26(23)34/h4-7,10-13,15-16H,2-3,8-9,14H2,1H3,(H,30,35). The molecule has 0 spiro atoms. The Kier molecular flexibility index (Phi) is 5.66. The first-order valence-electron chi connectivity index (χ1n) is 12.9. The van der Waals surface area contributed by atoms with Gasteiger partial charge in [0.05, 0.1) is 35.2 Å². The van der Waals surface area contributed by atoms with Gasteiger partial charge in [0.25, 0.3) is 5.91 Å². The molecular formula is C28H24N6O5S. The van der Waals surface area contributed by atoms with Gasteiger partial charge in [0.2, 0.25) is 5.71 Å². The van der Waals surface area contributed by atoms with Crippen molar-refractivity contribution >= 4 is 49.4 Å². The monoisotopic (exact) mass is 556 g/mol. The SMILES string of the molecule is CS(=O)(=O)c1coc2ncc(C(=O)NCc3cc4nc(N5CCOc6ccc(C7CC7)nc65)ccc4cn3)cc12. The first-order valence-corrected chi connectivity index (χ1v) is 14.7. The van der Waals surface area contributed by atoms with Crippen LogP contribution in [0.4, 0.5) is 11.6 Å². The maximum atomic E-state index is 12.9. The quantitative estimate of drug-likeness (QED) is 0.327. The van der Waals surface area contributed by atoms with Crippen molar-refractivity contribution in [1.29, 1.82) is 0 Å². The number of sulfone groups is 1. The molecule has 1 aliphatic heterocycles. The lowest BCUT2D eigenvalue weighted by Crippen LogP contribution is -2.30.